The molecule has 0 bridgehead atoms. The maximum Gasteiger partial charge on any atom is 0.307 e. The summed E-state index contributed by atoms with van der Waals surface area (Å²) in [6.45, 7) is 4.58. The van der Waals surface area contributed by atoms with Crippen LogP contribution in [0.3, 0.4) is 0 Å². The van der Waals surface area contributed by atoms with Crippen molar-refractivity contribution in [2.45, 2.75) is 63.4 Å². The second-order valence-electron chi connectivity index (χ2n) is 15.9. The van der Waals surface area contributed by atoms with Crippen molar-refractivity contribution in [2.24, 2.45) is 35.5 Å². The van der Waals surface area contributed by atoms with Crippen LogP contribution in [-0.2, 0) is 52.9 Å². The highest BCUT2D eigenvalue weighted by molar-refractivity contribution is 5.72. The maximum atomic E-state index is 12.7. The van der Waals surface area contributed by atoms with E-state index < -0.39 is 41.3 Å². The van der Waals surface area contributed by atoms with E-state index in [0.717, 1.165) is 72.3 Å². The first kappa shape index (κ1) is 38.6. The van der Waals surface area contributed by atoms with Gasteiger partial charge in [0.1, 0.15) is 0 Å². The highest BCUT2D eigenvalue weighted by Gasteiger charge is 2.34. The monoisotopic (exact) mass is 725 g/mol. The molecule has 0 unspecified atom stereocenters. The average molecular weight is 726 g/mol. The van der Waals surface area contributed by atoms with E-state index in [2.05, 4.69) is 16.0 Å². The summed E-state index contributed by atoms with van der Waals surface area (Å²) in [6, 6.07) is 23.7. The van der Waals surface area contributed by atoms with Gasteiger partial charge in [0.2, 0.25) is 0 Å². The molecule has 0 amide bonds. The molecule has 10 heteroatoms. The molecule has 3 aliphatic rings. The van der Waals surface area contributed by atoms with E-state index in [0.29, 0.717) is 58.2 Å². The lowest BCUT2D eigenvalue weighted by Gasteiger charge is -2.30. The SMILES string of the molecule is O=C(O)[C@@H](Cc1cccc(CC(O)(Cc2cccc(C[C@H](C(=O)O)[C@H]3CCNC3)c2)Cc2cccc(C[C@H](C(=O)O)[C@H]3CCNC3)c2)c1)[C@H]1CCNC1. The third kappa shape index (κ3) is 10.5. The molecule has 3 aliphatic heterocycles. The predicted molar refractivity (Wildman–Crippen MR) is 203 cm³/mol. The van der Waals surface area contributed by atoms with E-state index in [1.807, 2.05) is 72.8 Å². The summed E-state index contributed by atoms with van der Waals surface area (Å²) in [7, 11) is 0. The van der Waals surface area contributed by atoms with E-state index in [4.69, 9.17) is 0 Å². The molecule has 3 aromatic carbocycles. The minimum atomic E-state index is -1.25. The lowest BCUT2D eigenvalue weighted by Crippen LogP contribution is -2.37. The van der Waals surface area contributed by atoms with Crippen molar-refractivity contribution >= 4 is 17.9 Å². The molecule has 0 aromatic heterocycles. The van der Waals surface area contributed by atoms with Gasteiger partial charge in [0.25, 0.3) is 0 Å². The predicted octanol–water partition coefficient (Wildman–Crippen LogP) is 4.00. The first-order valence-electron chi connectivity index (χ1n) is 19.3. The van der Waals surface area contributed by atoms with Crippen LogP contribution < -0.4 is 16.0 Å². The van der Waals surface area contributed by atoms with E-state index in [9.17, 15) is 34.8 Å². The lowest BCUT2D eigenvalue weighted by molar-refractivity contribution is -0.144. The zero-order valence-electron chi connectivity index (χ0n) is 30.5. The molecule has 0 radical (unpaired) electrons. The smallest absolute Gasteiger partial charge is 0.307 e. The van der Waals surface area contributed by atoms with Crippen molar-refractivity contribution in [3.05, 3.63) is 106 Å². The van der Waals surface area contributed by atoms with Crippen LogP contribution in [0, 0.1) is 35.5 Å². The number of rotatable bonds is 18. The minimum Gasteiger partial charge on any atom is -0.481 e. The Labute approximate surface area is 312 Å². The van der Waals surface area contributed by atoms with Crippen LogP contribution in [0.4, 0.5) is 0 Å². The fourth-order valence-corrected chi connectivity index (χ4v) is 9.12. The summed E-state index contributed by atoms with van der Waals surface area (Å²) < 4.78 is 0. The van der Waals surface area contributed by atoms with Crippen molar-refractivity contribution in [3.63, 3.8) is 0 Å². The zero-order chi connectivity index (χ0) is 37.4. The molecule has 3 fully saturated rings. The summed E-state index contributed by atoms with van der Waals surface area (Å²) >= 11 is 0. The Bertz CT molecular complexity index is 1510. The normalized spacial score (nSPS) is 22.0. The number of carbonyl (C=O) groups is 3. The fourth-order valence-electron chi connectivity index (χ4n) is 9.12. The van der Waals surface area contributed by atoms with Gasteiger partial charge in [-0.15, -0.1) is 0 Å². The summed E-state index contributed by atoms with van der Waals surface area (Å²) in [4.78, 5) is 36.9. The van der Waals surface area contributed by atoms with E-state index in [-0.39, 0.29) is 17.8 Å². The summed E-state index contributed by atoms with van der Waals surface area (Å²) in [5, 5.41) is 52.8. The van der Waals surface area contributed by atoms with Gasteiger partial charge in [-0.3, -0.25) is 14.4 Å². The highest BCUT2D eigenvalue weighted by Crippen LogP contribution is 2.30. The van der Waals surface area contributed by atoms with Crippen molar-refractivity contribution < 1.29 is 34.8 Å². The Morgan fingerprint density at radius 1 is 0.528 bits per heavy atom. The van der Waals surface area contributed by atoms with Gasteiger partial charge in [-0.2, -0.15) is 0 Å². The molecule has 10 nitrogen and oxygen atoms in total. The van der Waals surface area contributed by atoms with Gasteiger partial charge in [0, 0.05) is 19.3 Å². The second kappa shape index (κ2) is 17.8. The van der Waals surface area contributed by atoms with Crippen molar-refractivity contribution in [1.82, 2.24) is 16.0 Å². The lowest BCUT2D eigenvalue weighted by atomic mass is 9.80. The third-order valence-corrected chi connectivity index (χ3v) is 11.9. The summed E-state index contributed by atoms with van der Waals surface area (Å²) in [6.07, 6.45) is 4.71. The zero-order valence-corrected chi connectivity index (χ0v) is 30.5. The number of nitrogens with one attached hydrogen (secondary N) is 3. The van der Waals surface area contributed by atoms with Gasteiger partial charge in [0.05, 0.1) is 23.4 Å². The number of aliphatic carboxylic acids is 3. The molecule has 0 aliphatic carbocycles. The largest absolute Gasteiger partial charge is 0.481 e. The van der Waals surface area contributed by atoms with Gasteiger partial charge in [0.15, 0.2) is 0 Å². The van der Waals surface area contributed by atoms with Crippen molar-refractivity contribution in [3.8, 4) is 0 Å². The first-order chi connectivity index (χ1) is 25.5. The molecule has 0 spiro atoms. The number of aliphatic hydroxyl groups is 1. The number of hydrogen-bond donors (Lipinski definition) is 7. The van der Waals surface area contributed by atoms with Crippen LogP contribution in [0.1, 0.15) is 52.6 Å². The van der Waals surface area contributed by atoms with E-state index >= 15 is 0 Å². The highest BCUT2D eigenvalue weighted by atomic mass is 16.4. The summed E-state index contributed by atoms with van der Waals surface area (Å²) in [5.74, 6) is -3.62. The van der Waals surface area contributed by atoms with Gasteiger partial charge in [-0.05, 0) is 129 Å². The van der Waals surface area contributed by atoms with Crippen molar-refractivity contribution in [1.29, 1.82) is 0 Å². The maximum absolute atomic E-state index is 12.7. The van der Waals surface area contributed by atoms with Crippen LogP contribution in [0.2, 0.25) is 0 Å². The van der Waals surface area contributed by atoms with Crippen LogP contribution in [-0.4, -0.2) is 83.2 Å². The second-order valence-corrected chi connectivity index (χ2v) is 15.9. The standard InChI is InChI=1S/C43H55N3O7/c47-40(48)37(34-10-13-44-25-34)19-28-4-1-7-31(16-28)22-43(53,23-32-8-2-5-29(17-32)20-38(41(49)50)35-11-14-45-26-35)24-33-9-3-6-30(18-33)21-39(42(51)52)36-12-15-46-27-36/h1-9,16-18,34-39,44-46,53H,10-15,19-27H2,(H,47,48)(H,49,50)(H,51,52)/t34-,35-,36-,37-,38-,39-/m0/s1. The van der Waals surface area contributed by atoms with Crippen LogP contribution >= 0.6 is 0 Å². The van der Waals surface area contributed by atoms with Crippen molar-refractivity contribution in [2.75, 3.05) is 39.3 Å². The molecule has 3 aromatic rings. The minimum absolute atomic E-state index is 0.0731. The fraction of sp³-hybridized carbons (Fsp3) is 0.512. The van der Waals surface area contributed by atoms with Gasteiger partial charge >= 0.3 is 17.9 Å². The van der Waals surface area contributed by atoms with Crippen LogP contribution in [0.25, 0.3) is 0 Å². The Morgan fingerprint density at radius 2 is 0.811 bits per heavy atom. The first-order valence-corrected chi connectivity index (χ1v) is 19.3. The number of benzene rings is 3. The van der Waals surface area contributed by atoms with E-state index in [1.54, 1.807) is 0 Å². The third-order valence-electron chi connectivity index (χ3n) is 11.9. The molecule has 284 valence electrons. The molecule has 7 N–H and O–H groups in total. The van der Waals surface area contributed by atoms with Crippen LogP contribution in [0.15, 0.2) is 72.8 Å². The average Bonchev–Trinajstić information content (AvgIpc) is 3.94. The number of carboxylic acids is 3. The molecular formula is C43H55N3O7. The molecule has 3 heterocycles. The topological polar surface area (TPSA) is 168 Å². The Morgan fingerprint density at radius 3 is 1.06 bits per heavy atom. The Balaban J connectivity index is 1.26. The number of hydrogen-bond acceptors (Lipinski definition) is 7. The molecule has 6 atom stereocenters. The van der Waals surface area contributed by atoms with Gasteiger partial charge < -0.3 is 36.4 Å². The Kier molecular flexibility index (Phi) is 13.0. The summed E-state index contributed by atoms with van der Waals surface area (Å²) in [5.41, 5.74) is 4.25. The van der Waals surface area contributed by atoms with Gasteiger partial charge in [-0.1, -0.05) is 72.8 Å². The molecular weight excluding hydrogens is 670 g/mol. The Hall–Kier alpha value is -4.09. The van der Waals surface area contributed by atoms with Crippen LogP contribution in [0.5, 0.6) is 0 Å². The quantitative estimate of drug-likeness (QED) is 0.102. The molecule has 6 rings (SSSR count). The molecule has 3 saturated heterocycles. The molecule has 0 saturated carbocycles. The molecule has 53 heavy (non-hydrogen) atoms. The number of carboxylic acid groups (broad SMARTS) is 3. The van der Waals surface area contributed by atoms with E-state index in [1.165, 1.54) is 0 Å². The van der Waals surface area contributed by atoms with Gasteiger partial charge in [-0.25, -0.2) is 0 Å².